The Hall–Kier alpha value is -0.770. The molecule has 1 amide bonds. The number of nitrogens with zero attached hydrogens (tertiary/aromatic N) is 1. The Kier molecular flexibility index (Phi) is 2.76. The third-order valence-corrected chi connectivity index (χ3v) is 2.61. The third-order valence-electron chi connectivity index (χ3n) is 2.61. The number of ether oxygens (including phenoxy) is 1. The van der Waals surface area contributed by atoms with Gasteiger partial charge in [0.25, 0.3) is 0 Å². The molecule has 0 bridgehead atoms. The molecule has 0 spiro atoms. The number of nitrogens with one attached hydrogen (secondary N) is 1. The second kappa shape index (κ2) is 3.42. The van der Waals surface area contributed by atoms with Crippen molar-refractivity contribution in [1.82, 2.24) is 10.2 Å². The Bertz CT molecular complexity index is 229. The zero-order valence-electron chi connectivity index (χ0n) is 9.68. The SMILES string of the molecule is CN(C(=O)OC1(C)CNC1)C(C)(C)C. The van der Waals surface area contributed by atoms with E-state index < -0.39 is 0 Å². The highest BCUT2D eigenvalue weighted by Gasteiger charge is 2.37. The van der Waals surface area contributed by atoms with Crippen LogP contribution in [0, 0.1) is 0 Å². The van der Waals surface area contributed by atoms with Crippen LogP contribution in [0.4, 0.5) is 4.79 Å². The Morgan fingerprint density at radius 3 is 2.21 bits per heavy atom. The molecule has 1 fully saturated rings. The van der Waals surface area contributed by atoms with Crippen LogP contribution in [-0.2, 0) is 4.74 Å². The van der Waals surface area contributed by atoms with Gasteiger partial charge < -0.3 is 15.0 Å². The van der Waals surface area contributed by atoms with Crippen LogP contribution in [0.15, 0.2) is 0 Å². The molecule has 4 heteroatoms. The van der Waals surface area contributed by atoms with E-state index in [0.29, 0.717) is 0 Å². The first-order chi connectivity index (χ1) is 6.25. The van der Waals surface area contributed by atoms with E-state index in [-0.39, 0.29) is 17.2 Å². The van der Waals surface area contributed by atoms with E-state index in [1.54, 1.807) is 11.9 Å². The van der Waals surface area contributed by atoms with Crippen LogP contribution in [0.3, 0.4) is 0 Å². The van der Waals surface area contributed by atoms with Gasteiger partial charge in [-0.2, -0.15) is 0 Å². The summed E-state index contributed by atoms with van der Waals surface area (Å²) in [5.74, 6) is 0. The molecule has 82 valence electrons. The lowest BCUT2D eigenvalue weighted by Crippen LogP contribution is -2.61. The summed E-state index contributed by atoms with van der Waals surface area (Å²) in [5, 5.41) is 3.09. The highest BCUT2D eigenvalue weighted by Crippen LogP contribution is 2.19. The number of amides is 1. The highest BCUT2D eigenvalue weighted by molar-refractivity contribution is 5.68. The third kappa shape index (κ3) is 2.38. The molecule has 0 aromatic carbocycles. The van der Waals surface area contributed by atoms with Gasteiger partial charge >= 0.3 is 6.09 Å². The molecular formula is C10H20N2O2. The van der Waals surface area contributed by atoms with Gasteiger partial charge in [0.15, 0.2) is 0 Å². The van der Waals surface area contributed by atoms with Gasteiger partial charge in [0.2, 0.25) is 0 Å². The van der Waals surface area contributed by atoms with Crippen molar-refractivity contribution in [2.24, 2.45) is 0 Å². The van der Waals surface area contributed by atoms with E-state index in [1.165, 1.54) is 0 Å². The monoisotopic (exact) mass is 200 g/mol. The van der Waals surface area contributed by atoms with Gasteiger partial charge in [-0.05, 0) is 27.7 Å². The molecule has 14 heavy (non-hydrogen) atoms. The van der Waals surface area contributed by atoms with Gasteiger partial charge in [0.05, 0.1) is 0 Å². The van der Waals surface area contributed by atoms with E-state index >= 15 is 0 Å². The zero-order valence-corrected chi connectivity index (χ0v) is 9.68. The van der Waals surface area contributed by atoms with Crippen molar-refractivity contribution in [2.45, 2.75) is 38.8 Å². The number of carbonyl (C=O) groups excluding carboxylic acids is 1. The van der Waals surface area contributed by atoms with Crippen molar-refractivity contribution >= 4 is 6.09 Å². The van der Waals surface area contributed by atoms with Crippen molar-refractivity contribution in [3.63, 3.8) is 0 Å². The van der Waals surface area contributed by atoms with E-state index in [9.17, 15) is 4.79 Å². The molecule has 1 aliphatic heterocycles. The maximum Gasteiger partial charge on any atom is 0.410 e. The van der Waals surface area contributed by atoms with Gasteiger partial charge in [-0.3, -0.25) is 0 Å². The highest BCUT2D eigenvalue weighted by atomic mass is 16.6. The maximum atomic E-state index is 11.7. The molecule has 0 unspecified atom stereocenters. The Labute approximate surface area is 85.6 Å². The Morgan fingerprint density at radius 1 is 1.43 bits per heavy atom. The van der Waals surface area contributed by atoms with Gasteiger partial charge in [0.1, 0.15) is 5.60 Å². The normalized spacial score (nSPS) is 19.8. The van der Waals surface area contributed by atoms with Crippen LogP contribution < -0.4 is 5.32 Å². The van der Waals surface area contributed by atoms with Crippen LogP contribution in [0.2, 0.25) is 0 Å². The lowest BCUT2D eigenvalue weighted by atomic mass is 10.0. The first kappa shape index (κ1) is 11.3. The summed E-state index contributed by atoms with van der Waals surface area (Å²) < 4.78 is 5.39. The molecule has 0 atom stereocenters. The number of hydrogen-bond acceptors (Lipinski definition) is 3. The lowest BCUT2D eigenvalue weighted by molar-refractivity contribution is -0.0366. The molecule has 0 aliphatic carbocycles. The van der Waals surface area contributed by atoms with Crippen molar-refractivity contribution < 1.29 is 9.53 Å². The molecule has 4 nitrogen and oxygen atoms in total. The molecular weight excluding hydrogens is 180 g/mol. The fourth-order valence-electron chi connectivity index (χ4n) is 1.10. The molecule has 1 saturated heterocycles. The van der Waals surface area contributed by atoms with Gasteiger partial charge in [-0.1, -0.05) is 0 Å². The molecule has 0 aromatic heterocycles. The Morgan fingerprint density at radius 2 is 1.93 bits per heavy atom. The predicted molar refractivity (Wildman–Crippen MR) is 55.3 cm³/mol. The van der Waals surface area contributed by atoms with Crippen LogP contribution >= 0.6 is 0 Å². The number of rotatable bonds is 1. The first-order valence-corrected chi connectivity index (χ1v) is 4.92. The minimum Gasteiger partial charge on any atom is -0.440 e. The summed E-state index contributed by atoms with van der Waals surface area (Å²) >= 11 is 0. The van der Waals surface area contributed by atoms with Crippen molar-refractivity contribution in [3.8, 4) is 0 Å². The molecule has 1 aliphatic rings. The molecule has 1 heterocycles. The summed E-state index contributed by atoms with van der Waals surface area (Å²) in [6, 6.07) is 0. The minimum atomic E-state index is -0.309. The van der Waals surface area contributed by atoms with Crippen molar-refractivity contribution in [1.29, 1.82) is 0 Å². The van der Waals surface area contributed by atoms with Crippen LogP contribution in [0.1, 0.15) is 27.7 Å². The van der Waals surface area contributed by atoms with E-state index in [0.717, 1.165) is 13.1 Å². The molecule has 1 rings (SSSR count). The van der Waals surface area contributed by atoms with Gasteiger partial charge in [-0.25, -0.2) is 4.79 Å². The van der Waals surface area contributed by atoms with E-state index in [2.05, 4.69) is 5.32 Å². The average molecular weight is 200 g/mol. The lowest BCUT2D eigenvalue weighted by Gasteiger charge is -2.41. The zero-order chi connectivity index (χ0) is 11.0. The van der Waals surface area contributed by atoms with Crippen LogP contribution in [0.5, 0.6) is 0 Å². The van der Waals surface area contributed by atoms with Crippen molar-refractivity contribution in [2.75, 3.05) is 20.1 Å². The Balaban J connectivity index is 2.50. The molecule has 0 aromatic rings. The predicted octanol–water partition coefficient (Wildman–Crippen LogP) is 1.22. The molecule has 0 saturated carbocycles. The summed E-state index contributed by atoms with van der Waals surface area (Å²) in [6.45, 7) is 9.38. The quantitative estimate of drug-likeness (QED) is 0.692. The molecule has 0 radical (unpaired) electrons. The van der Waals surface area contributed by atoms with Crippen LogP contribution in [-0.4, -0.2) is 42.3 Å². The number of carbonyl (C=O) groups is 1. The second-order valence-electron chi connectivity index (χ2n) is 5.15. The smallest absolute Gasteiger partial charge is 0.410 e. The van der Waals surface area contributed by atoms with Gasteiger partial charge in [-0.15, -0.1) is 0 Å². The van der Waals surface area contributed by atoms with Crippen LogP contribution in [0.25, 0.3) is 0 Å². The second-order valence-corrected chi connectivity index (χ2v) is 5.15. The topological polar surface area (TPSA) is 41.6 Å². The van der Waals surface area contributed by atoms with Crippen molar-refractivity contribution in [3.05, 3.63) is 0 Å². The first-order valence-electron chi connectivity index (χ1n) is 4.92. The largest absolute Gasteiger partial charge is 0.440 e. The van der Waals surface area contributed by atoms with E-state index in [1.807, 2.05) is 27.7 Å². The standard InChI is InChI=1S/C10H20N2O2/c1-9(2,3)12(5)8(13)14-10(4)6-11-7-10/h11H,6-7H2,1-5H3. The molecule has 1 N–H and O–H groups in total. The summed E-state index contributed by atoms with van der Waals surface area (Å²) in [7, 11) is 1.76. The average Bonchev–Trinajstić information content (AvgIpc) is 1.98. The summed E-state index contributed by atoms with van der Waals surface area (Å²) in [6.07, 6.45) is -0.249. The van der Waals surface area contributed by atoms with E-state index in [4.69, 9.17) is 4.74 Å². The van der Waals surface area contributed by atoms with Gasteiger partial charge in [0, 0.05) is 25.7 Å². The summed E-state index contributed by atoms with van der Waals surface area (Å²) in [4.78, 5) is 13.3. The summed E-state index contributed by atoms with van der Waals surface area (Å²) in [5.41, 5.74) is -0.499. The maximum absolute atomic E-state index is 11.7. The minimum absolute atomic E-state index is 0.190. The fourth-order valence-corrected chi connectivity index (χ4v) is 1.10. The number of hydrogen-bond donors (Lipinski definition) is 1. The fraction of sp³-hybridized carbons (Fsp3) is 0.900.